The Balaban J connectivity index is 1.45. The molecule has 3 saturated heterocycles. The molecule has 4 atom stereocenters. The topological polar surface area (TPSA) is 71.1 Å². The predicted molar refractivity (Wildman–Crippen MR) is 114 cm³/mol. The van der Waals surface area contributed by atoms with Crippen LogP contribution >= 0.6 is 0 Å². The summed E-state index contributed by atoms with van der Waals surface area (Å²) >= 11 is 0. The van der Waals surface area contributed by atoms with Gasteiger partial charge in [0.05, 0.1) is 32.3 Å². The van der Waals surface area contributed by atoms with E-state index in [1.165, 1.54) is 32.1 Å². The molecular weight excluding hydrogens is 382 g/mol. The van der Waals surface area contributed by atoms with Gasteiger partial charge in [0, 0.05) is 50.1 Å². The van der Waals surface area contributed by atoms with E-state index in [0.717, 1.165) is 6.54 Å². The van der Waals surface area contributed by atoms with E-state index >= 15 is 0 Å². The average Bonchev–Trinajstić information content (AvgIpc) is 3.30. The molecule has 3 heterocycles. The van der Waals surface area contributed by atoms with Gasteiger partial charge in [-0.3, -0.25) is 14.5 Å². The van der Waals surface area contributed by atoms with Gasteiger partial charge in [-0.25, -0.2) is 0 Å². The first-order valence-electron chi connectivity index (χ1n) is 12.0. The number of amides is 2. The summed E-state index contributed by atoms with van der Waals surface area (Å²) in [6.45, 7) is 8.27. The first kappa shape index (κ1) is 22.0. The van der Waals surface area contributed by atoms with Crippen molar-refractivity contribution in [3.8, 4) is 0 Å². The predicted octanol–water partition coefficient (Wildman–Crippen LogP) is 1.80. The molecule has 7 heteroatoms. The van der Waals surface area contributed by atoms with Crippen molar-refractivity contribution in [3.63, 3.8) is 0 Å². The third kappa shape index (κ3) is 5.00. The summed E-state index contributed by atoms with van der Waals surface area (Å²) in [7, 11) is 0. The number of morpholine rings is 1. The molecule has 1 saturated carbocycles. The van der Waals surface area contributed by atoms with Crippen molar-refractivity contribution >= 4 is 11.8 Å². The maximum absolute atomic E-state index is 12.9. The third-order valence-corrected chi connectivity index (χ3v) is 7.45. The summed E-state index contributed by atoms with van der Waals surface area (Å²) < 4.78 is 11.6. The number of nitrogens with one attached hydrogen (secondary N) is 1. The second-order valence-corrected chi connectivity index (χ2v) is 9.89. The van der Waals surface area contributed by atoms with E-state index in [1.807, 2.05) is 18.7 Å². The van der Waals surface area contributed by atoms with Crippen LogP contribution in [0.1, 0.15) is 58.8 Å². The van der Waals surface area contributed by atoms with Gasteiger partial charge in [-0.2, -0.15) is 0 Å². The van der Waals surface area contributed by atoms with Crippen LogP contribution in [0.5, 0.6) is 0 Å². The molecule has 4 rings (SSSR count). The standard InChI is InChI=1S/C23H39N3O4/c1-16(2)24-21(27)12-17-14-26(18-6-4-3-5-7-18)19-15-30-20(23(17)19)13-22(28)25-8-10-29-11-9-25/h16-20,23H,3-15H2,1-2H3,(H,24,27)/t17-,19-,20+,23-/m1/s1. The number of fused-ring (bicyclic) bond motifs is 1. The van der Waals surface area contributed by atoms with Crippen LogP contribution in [0, 0.1) is 11.8 Å². The van der Waals surface area contributed by atoms with Crippen LogP contribution in [-0.2, 0) is 19.1 Å². The molecule has 4 aliphatic rings. The quantitative estimate of drug-likeness (QED) is 0.708. The van der Waals surface area contributed by atoms with Gasteiger partial charge in [0.15, 0.2) is 0 Å². The largest absolute Gasteiger partial charge is 0.378 e. The molecule has 1 N–H and O–H groups in total. The molecule has 170 valence electrons. The Bertz CT molecular complexity index is 601. The number of carbonyl (C=O) groups excluding carboxylic acids is 2. The van der Waals surface area contributed by atoms with Crippen LogP contribution in [0.25, 0.3) is 0 Å². The highest BCUT2D eigenvalue weighted by Gasteiger charge is 2.52. The second kappa shape index (κ2) is 9.96. The number of rotatable bonds is 6. The van der Waals surface area contributed by atoms with E-state index in [2.05, 4.69) is 10.2 Å². The van der Waals surface area contributed by atoms with Crippen LogP contribution < -0.4 is 5.32 Å². The lowest BCUT2D eigenvalue weighted by atomic mass is 9.84. The zero-order chi connectivity index (χ0) is 21.1. The summed E-state index contributed by atoms with van der Waals surface area (Å²) in [5.41, 5.74) is 0. The summed E-state index contributed by atoms with van der Waals surface area (Å²) in [5, 5.41) is 3.06. The highest BCUT2D eigenvalue weighted by Crippen LogP contribution is 2.44. The van der Waals surface area contributed by atoms with Gasteiger partial charge in [-0.15, -0.1) is 0 Å². The molecule has 0 aromatic carbocycles. The Morgan fingerprint density at radius 1 is 1.07 bits per heavy atom. The number of ether oxygens (including phenoxy) is 2. The Kier molecular flexibility index (Phi) is 7.32. The van der Waals surface area contributed by atoms with E-state index in [0.29, 0.717) is 57.8 Å². The minimum Gasteiger partial charge on any atom is -0.378 e. The van der Waals surface area contributed by atoms with Gasteiger partial charge in [-0.05, 0) is 32.6 Å². The van der Waals surface area contributed by atoms with Crippen LogP contribution in [0.2, 0.25) is 0 Å². The molecule has 0 aromatic rings. The Morgan fingerprint density at radius 3 is 2.50 bits per heavy atom. The summed E-state index contributed by atoms with van der Waals surface area (Å²) in [6.07, 6.45) is 7.35. The minimum absolute atomic E-state index is 0.0733. The maximum Gasteiger partial charge on any atom is 0.225 e. The van der Waals surface area contributed by atoms with Gasteiger partial charge >= 0.3 is 0 Å². The van der Waals surface area contributed by atoms with E-state index in [1.54, 1.807) is 0 Å². The minimum atomic E-state index is -0.0733. The molecule has 3 aliphatic heterocycles. The fourth-order valence-corrected chi connectivity index (χ4v) is 6.12. The van der Waals surface area contributed by atoms with E-state index in [9.17, 15) is 9.59 Å². The normalized spacial score (nSPS) is 33.1. The van der Waals surface area contributed by atoms with E-state index in [4.69, 9.17) is 9.47 Å². The first-order valence-corrected chi connectivity index (χ1v) is 12.0. The number of carbonyl (C=O) groups is 2. The number of nitrogens with zero attached hydrogens (tertiary/aromatic N) is 2. The molecule has 0 spiro atoms. The van der Waals surface area contributed by atoms with Crippen molar-refractivity contribution in [1.82, 2.24) is 15.1 Å². The van der Waals surface area contributed by atoms with Crippen molar-refractivity contribution in [2.75, 3.05) is 39.5 Å². The highest BCUT2D eigenvalue weighted by molar-refractivity contribution is 5.77. The molecular formula is C23H39N3O4. The van der Waals surface area contributed by atoms with Gasteiger partial charge in [0.1, 0.15) is 0 Å². The molecule has 0 aromatic heterocycles. The molecule has 1 aliphatic carbocycles. The van der Waals surface area contributed by atoms with Crippen molar-refractivity contribution in [2.45, 2.75) is 83.0 Å². The Morgan fingerprint density at radius 2 is 1.80 bits per heavy atom. The van der Waals surface area contributed by atoms with Crippen molar-refractivity contribution in [1.29, 1.82) is 0 Å². The number of hydrogen-bond acceptors (Lipinski definition) is 5. The maximum atomic E-state index is 12.9. The Hall–Kier alpha value is -1.18. The number of hydrogen-bond donors (Lipinski definition) is 1. The summed E-state index contributed by atoms with van der Waals surface area (Å²) in [6, 6.07) is 1.12. The molecule has 0 unspecified atom stereocenters. The third-order valence-electron chi connectivity index (χ3n) is 7.45. The molecule has 2 amide bonds. The Labute approximate surface area is 180 Å². The van der Waals surface area contributed by atoms with Crippen molar-refractivity contribution in [2.24, 2.45) is 11.8 Å². The van der Waals surface area contributed by atoms with Crippen LogP contribution in [0.15, 0.2) is 0 Å². The van der Waals surface area contributed by atoms with Crippen LogP contribution in [0.3, 0.4) is 0 Å². The fraction of sp³-hybridized carbons (Fsp3) is 0.913. The molecule has 4 fully saturated rings. The fourth-order valence-electron chi connectivity index (χ4n) is 6.12. The zero-order valence-corrected chi connectivity index (χ0v) is 18.7. The average molecular weight is 422 g/mol. The van der Waals surface area contributed by atoms with Gasteiger partial charge in [0.2, 0.25) is 11.8 Å². The molecule has 7 nitrogen and oxygen atoms in total. The van der Waals surface area contributed by atoms with Gasteiger partial charge in [0.25, 0.3) is 0 Å². The monoisotopic (exact) mass is 421 g/mol. The van der Waals surface area contributed by atoms with Crippen molar-refractivity contribution in [3.05, 3.63) is 0 Å². The highest BCUT2D eigenvalue weighted by atomic mass is 16.5. The molecule has 30 heavy (non-hydrogen) atoms. The van der Waals surface area contributed by atoms with Crippen LogP contribution in [-0.4, -0.2) is 85.3 Å². The smallest absolute Gasteiger partial charge is 0.225 e. The SMILES string of the molecule is CC(C)NC(=O)C[C@@H]1CN(C2CCCCC2)[C@@H]2CO[C@@H](CC(=O)N3CCOCC3)[C@H]12. The van der Waals surface area contributed by atoms with Crippen LogP contribution in [0.4, 0.5) is 0 Å². The molecule has 0 bridgehead atoms. The van der Waals surface area contributed by atoms with E-state index < -0.39 is 0 Å². The second-order valence-electron chi connectivity index (χ2n) is 9.89. The van der Waals surface area contributed by atoms with E-state index in [-0.39, 0.29) is 35.8 Å². The van der Waals surface area contributed by atoms with Gasteiger partial charge < -0.3 is 19.7 Å². The lowest BCUT2D eigenvalue weighted by Gasteiger charge is -2.34. The first-order chi connectivity index (χ1) is 14.5. The molecule has 0 radical (unpaired) electrons. The summed E-state index contributed by atoms with van der Waals surface area (Å²) in [5.74, 6) is 0.838. The zero-order valence-electron chi connectivity index (χ0n) is 18.7. The lowest BCUT2D eigenvalue weighted by molar-refractivity contribution is -0.138. The lowest BCUT2D eigenvalue weighted by Crippen LogP contribution is -2.43. The van der Waals surface area contributed by atoms with Gasteiger partial charge in [-0.1, -0.05) is 19.3 Å². The summed E-state index contributed by atoms with van der Waals surface area (Å²) in [4.78, 5) is 30.1. The number of likely N-dealkylation sites (tertiary alicyclic amines) is 1. The van der Waals surface area contributed by atoms with Crippen molar-refractivity contribution < 1.29 is 19.1 Å².